The first-order chi connectivity index (χ1) is 15.2. The monoisotopic (exact) mass is 481 g/mol. The summed E-state index contributed by atoms with van der Waals surface area (Å²) < 4.78 is 26.8. The minimum Gasteiger partial charge on any atom is -0.480 e. The van der Waals surface area contributed by atoms with E-state index in [0.29, 0.717) is 17.3 Å². The van der Waals surface area contributed by atoms with Gasteiger partial charge in [-0.25, -0.2) is 13.4 Å². The highest BCUT2D eigenvalue weighted by molar-refractivity contribution is 7.89. The highest BCUT2D eigenvalue weighted by atomic mass is 32.2. The number of hydrogen-bond acceptors (Lipinski definition) is 9. The Bertz CT molecular complexity index is 1090. The number of carbonyl (C=O) groups excluding carboxylic acids is 1. The Kier molecular flexibility index (Phi) is 7.77. The number of carboxylic acids is 1. The number of amides is 1. The number of rotatable bonds is 11. The molecule has 13 heteroatoms. The fourth-order valence-electron chi connectivity index (χ4n) is 2.98. The fraction of sp³-hybridized carbons (Fsp3) is 0.368. The zero-order valence-electron chi connectivity index (χ0n) is 16.9. The van der Waals surface area contributed by atoms with Gasteiger partial charge in [0.05, 0.1) is 16.3 Å². The molecule has 2 unspecified atom stereocenters. The smallest absolute Gasteiger partial charge is 0.323 e. The molecule has 1 aliphatic rings. The molecule has 0 aliphatic carbocycles. The van der Waals surface area contributed by atoms with Crippen molar-refractivity contribution in [2.45, 2.75) is 42.7 Å². The summed E-state index contributed by atoms with van der Waals surface area (Å²) in [7, 11) is -4.06. The van der Waals surface area contributed by atoms with Gasteiger partial charge in [-0.15, -0.1) is 11.3 Å². The molecule has 1 aromatic heterocycles. The largest absolute Gasteiger partial charge is 0.480 e. The van der Waals surface area contributed by atoms with Crippen LogP contribution in [0.1, 0.15) is 25.0 Å². The van der Waals surface area contributed by atoms with Crippen molar-refractivity contribution in [3.05, 3.63) is 41.4 Å². The van der Waals surface area contributed by atoms with Crippen LogP contribution in [0.25, 0.3) is 0 Å². The molecule has 2 aromatic rings. The number of carboxylic acid groups (broad SMARTS) is 1. The number of hydrogen-bond donors (Lipinski definition) is 4. The summed E-state index contributed by atoms with van der Waals surface area (Å²) in [6.45, 7) is -0.444. The number of thiazole rings is 1. The van der Waals surface area contributed by atoms with Gasteiger partial charge in [-0.05, 0) is 31.4 Å². The number of anilines is 1. The maximum absolute atomic E-state index is 12.4. The molecule has 2 atom stereocenters. The van der Waals surface area contributed by atoms with Crippen molar-refractivity contribution in [2.24, 2.45) is 5.16 Å². The third-order valence-corrected chi connectivity index (χ3v) is 6.83. The summed E-state index contributed by atoms with van der Waals surface area (Å²) in [6, 6.07) is 5.82. The van der Waals surface area contributed by atoms with Crippen LogP contribution in [0.5, 0.6) is 0 Å². The van der Waals surface area contributed by atoms with E-state index in [4.69, 9.17) is 10.6 Å². The van der Waals surface area contributed by atoms with Crippen LogP contribution in [0.3, 0.4) is 0 Å². The first kappa shape index (κ1) is 23.6. The number of oxime groups is 1. The van der Waals surface area contributed by atoms with E-state index in [-0.39, 0.29) is 11.3 Å². The number of aryl methyl sites for hydroxylation is 1. The molecule has 172 valence electrons. The molecule has 0 saturated carbocycles. The highest BCUT2D eigenvalue weighted by Gasteiger charge is 2.30. The molecular weight excluding hydrogens is 458 g/mol. The van der Waals surface area contributed by atoms with Gasteiger partial charge in [0.15, 0.2) is 5.13 Å². The van der Waals surface area contributed by atoms with E-state index in [2.05, 4.69) is 20.2 Å². The Balaban J connectivity index is 1.45. The Morgan fingerprint density at radius 1 is 1.28 bits per heavy atom. The summed E-state index contributed by atoms with van der Waals surface area (Å²) >= 11 is 1.38. The lowest BCUT2D eigenvalue weighted by atomic mass is 10.1. The molecule has 3 rings (SSSR count). The Labute approximate surface area is 188 Å². The van der Waals surface area contributed by atoms with E-state index in [9.17, 15) is 23.1 Å². The second kappa shape index (κ2) is 10.5. The lowest BCUT2D eigenvalue weighted by molar-refractivity contribution is -0.139. The molecule has 5 N–H and O–H groups in total. The molecule has 32 heavy (non-hydrogen) atoms. The number of nitrogens with one attached hydrogen (secondary N) is 2. The summed E-state index contributed by atoms with van der Waals surface area (Å²) in [4.78, 5) is 33.1. The van der Waals surface area contributed by atoms with E-state index in [1.54, 1.807) is 6.07 Å². The van der Waals surface area contributed by atoms with Gasteiger partial charge in [0, 0.05) is 18.3 Å². The van der Waals surface area contributed by atoms with Crippen molar-refractivity contribution in [3.8, 4) is 0 Å². The summed E-state index contributed by atoms with van der Waals surface area (Å²) in [6.07, 6.45) is 1.50. The average Bonchev–Trinajstić information content (AvgIpc) is 3.40. The van der Waals surface area contributed by atoms with Crippen LogP contribution < -0.4 is 15.8 Å². The van der Waals surface area contributed by atoms with Gasteiger partial charge in [-0.3, -0.25) is 9.59 Å². The van der Waals surface area contributed by atoms with Crippen molar-refractivity contribution in [1.82, 2.24) is 15.0 Å². The molecule has 0 spiro atoms. The number of nitrogens with two attached hydrogens (primary N) is 1. The third-order valence-electron chi connectivity index (χ3n) is 4.62. The minimum absolute atomic E-state index is 0.0740. The van der Waals surface area contributed by atoms with Crippen LogP contribution in [0.15, 0.2) is 45.8 Å². The van der Waals surface area contributed by atoms with Crippen LogP contribution in [-0.4, -0.2) is 54.8 Å². The average molecular weight is 482 g/mol. The summed E-state index contributed by atoms with van der Waals surface area (Å²) in [5, 5.41) is 18.1. The summed E-state index contributed by atoms with van der Waals surface area (Å²) in [5.41, 5.74) is 7.22. The maximum atomic E-state index is 12.4. The zero-order chi connectivity index (χ0) is 23.1. The summed E-state index contributed by atoms with van der Waals surface area (Å²) in [5.74, 6) is -1.99. The molecule has 1 aliphatic heterocycles. The van der Waals surface area contributed by atoms with Crippen molar-refractivity contribution in [3.63, 3.8) is 0 Å². The first-order valence-electron chi connectivity index (χ1n) is 9.74. The molecule has 1 aromatic carbocycles. The molecule has 1 amide bonds. The molecule has 0 radical (unpaired) electrons. The van der Waals surface area contributed by atoms with E-state index in [1.807, 2.05) is 5.38 Å². The first-order valence-corrected chi connectivity index (χ1v) is 12.1. The number of aromatic nitrogens is 1. The van der Waals surface area contributed by atoms with Crippen molar-refractivity contribution in [2.75, 3.05) is 12.3 Å². The van der Waals surface area contributed by atoms with Crippen LogP contribution in [0.4, 0.5) is 5.13 Å². The predicted octanol–water partition coefficient (Wildman–Crippen LogP) is 0.741. The van der Waals surface area contributed by atoms with E-state index in [1.165, 1.54) is 35.6 Å². The maximum Gasteiger partial charge on any atom is 0.323 e. The number of carbonyl (C=O) groups is 2. The Morgan fingerprint density at radius 2 is 2.03 bits per heavy atom. The van der Waals surface area contributed by atoms with E-state index >= 15 is 0 Å². The van der Waals surface area contributed by atoms with Crippen LogP contribution >= 0.6 is 11.3 Å². The second-order valence-electron chi connectivity index (χ2n) is 7.06. The van der Waals surface area contributed by atoms with Gasteiger partial charge < -0.3 is 21.0 Å². The topological polar surface area (TPSA) is 173 Å². The number of benzene rings is 1. The fourth-order valence-corrected chi connectivity index (χ4v) is 4.78. The molecule has 0 bridgehead atoms. The predicted molar refractivity (Wildman–Crippen MR) is 118 cm³/mol. The Morgan fingerprint density at radius 3 is 2.69 bits per heavy atom. The highest BCUT2D eigenvalue weighted by Crippen LogP contribution is 2.17. The van der Waals surface area contributed by atoms with E-state index < -0.39 is 40.6 Å². The van der Waals surface area contributed by atoms with Crippen LogP contribution in [0.2, 0.25) is 0 Å². The van der Waals surface area contributed by atoms with Crippen molar-refractivity contribution < 1.29 is 28.0 Å². The van der Waals surface area contributed by atoms with Gasteiger partial charge in [-0.2, -0.15) is 4.72 Å². The van der Waals surface area contributed by atoms with Gasteiger partial charge in [0.2, 0.25) is 16.1 Å². The lowest BCUT2D eigenvalue weighted by Crippen LogP contribution is -2.49. The van der Waals surface area contributed by atoms with Gasteiger partial charge in [0.1, 0.15) is 6.04 Å². The molecule has 2 heterocycles. The zero-order valence-corrected chi connectivity index (χ0v) is 18.6. The second-order valence-corrected chi connectivity index (χ2v) is 9.66. The van der Waals surface area contributed by atoms with E-state index in [0.717, 1.165) is 18.5 Å². The normalized spacial score (nSPS) is 16.8. The minimum atomic E-state index is -4.06. The number of aliphatic carboxylic acids is 1. The van der Waals surface area contributed by atoms with Gasteiger partial charge in [-0.1, -0.05) is 23.4 Å². The molecular formula is C19H23N5O6S2. The molecule has 0 fully saturated rings. The third kappa shape index (κ3) is 6.48. The molecule has 0 saturated heterocycles. The van der Waals surface area contributed by atoms with Crippen molar-refractivity contribution in [1.29, 1.82) is 0 Å². The number of nitrogens with zero attached hydrogens (tertiary/aromatic N) is 2. The SMILES string of the molecule is Nc1nc(CCCC2=NOC(C(=O)NCC(NS(=O)(=O)c3ccccc3)C(=O)O)C2)cs1. The van der Waals surface area contributed by atoms with Gasteiger partial charge >= 0.3 is 5.97 Å². The standard InChI is InChI=1S/C19H23N5O6S2/c20-19-22-13(11-31-19)6-4-5-12-9-16(30-23-12)17(25)21-10-15(18(26)27)24-32(28,29)14-7-2-1-3-8-14/h1-3,7-8,11,15-16,24H,4-6,9-10H2,(H2,20,22)(H,21,25)(H,26,27). The van der Waals surface area contributed by atoms with Crippen LogP contribution in [0, 0.1) is 0 Å². The number of nitrogen functional groups attached to an aromatic ring is 1. The lowest BCUT2D eigenvalue weighted by Gasteiger charge is -2.16. The van der Waals surface area contributed by atoms with Crippen LogP contribution in [-0.2, 0) is 30.9 Å². The quantitative estimate of drug-likeness (QED) is 0.364. The van der Waals surface area contributed by atoms with Gasteiger partial charge in [0.25, 0.3) is 5.91 Å². The Hall–Kier alpha value is -3.03. The number of sulfonamides is 1. The molecule has 11 nitrogen and oxygen atoms in total. The van der Waals surface area contributed by atoms with Crippen molar-refractivity contribution >= 4 is 44.1 Å².